The van der Waals surface area contributed by atoms with Crippen LogP contribution in [0.1, 0.15) is 24.9 Å². The molecule has 0 aliphatic carbocycles. The Morgan fingerprint density at radius 2 is 2.25 bits per heavy atom. The number of hydrogen-bond acceptors (Lipinski definition) is 4. The Kier molecular flexibility index (Phi) is 4.94. The van der Waals surface area contributed by atoms with Gasteiger partial charge in [0.2, 0.25) is 0 Å². The van der Waals surface area contributed by atoms with Gasteiger partial charge in [-0.3, -0.25) is 0 Å². The molecule has 0 amide bonds. The smallest absolute Gasteiger partial charge is 0.150 e. The average Bonchev–Trinajstić information content (AvgIpc) is 2.76. The lowest BCUT2D eigenvalue weighted by molar-refractivity contribution is 0.365. The Hall–Kier alpha value is -0.780. The van der Waals surface area contributed by atoms with Crippen molar-refractivity contribution < 1.29 is 13.2 Å². The Labute approximate surface area is 125 Å². The highest BCUT2D eigenvalue weighted by atomic mass is 35.5. The van der Waals surface area contributed by atoms with Gasteiger partial charge in [0.25, 0.3) is 0 Å². The monoisotopic (exact) mass is 317 g/mol. The van der Waals surface area contributed by atoms with Gasteiger partial charge >= 0.3 is 0 Å². The minimum Gasteiger partial charge on any atom is -0.496 e. The number of halogens is 1. The van der Waals surface area contributed by atoms with Gasteiger partial charge in [0.1, 0.15) is 5.75 Å². The van der Waals surface area contributed by atoms with Gasteiger partial charge < -0.3 is 10.1 Å². The highest BCUT2D eigenvalue weighted by Crippen LogP contribution is 2.39. The van der Waals surface area contributed by atoms with Crippen molar-refractivity contribution in [2.75, 3.05) is 25.2 Å². The molecule has 2 rings (SSSR count). The number of rotatable bonds is 5. The molecule has 112 valence electrons. The number of hydrogen-bond donors (Lipinski definition) is 1. The third-order valence-electron chi connectivity index (χ3n) is 3.71. The van der Waals surface area contributed by atoms with E-state index < -0.39 is 9.84 Å². The third-order valence-corrected chi connectivity index (χ3v) is 5.83. The average molecular weight is 318 g/mol. The van der Waals surface area contributed by atoms with Crippen molar-refractivity contribution in [2.24, 2.45) is 5.92 Å². The normalized spacial score (nSPS) is 22.6. The Morgan fingerprint density at radius 3 is 2.80 bits per heavy atom. The maximum absolute atomic E-state index is 11.7. The van der Waals surface area contributed by atoms with Crippen molar-refractivity contribution in [1.29, 1.82) is 0 Å². The molecule has 1 aromatic rings. The number of benzene rings is 1. The van der Waals surface area contributed by atoms with Crippen molar-refractivity contribution in [1.82, 2.24) is 5.32 Å². The number of ether oxygens (including phenoxy) is 1. The summed E-state index contributed by atoms with van der Waals surface area (Å²) in [4.78, 5) is 0. The number of sulfone groups is 1. The van der Waals surface area contributed by atoms with Gasteiger partial charge in [0.15, 0.2) is 9.84 Å². The molecule has 1 N–H and O–H groups in total. The summed E-state index contributed by atoms with van der Waals surface area (Å²) in [6, 6.07) is 5.40. The van der Waals surface area contributed by atoms with Crippen LogP contribution in [0, 0.1) is 5.92 Å². The first-order valence-electron chi connectivity index (χ1n) is 6.74. The molecule has 0 aromatic heterocycles. The molecule has 0 saturated carbocycles. The molecule has 20 heavy (non-hydrogen) atoms. The molecule has 1 fully saturated rings. The zero-order valence-electron chi connectivity index (χ0n) is 11.7. The molecule has 1 aromatic carbocycles. The van der Waals surface area contributed by atoms with E-state index in [2.05, 4.69) is 5.32 Å². The fourth-order valence-electron chi connectivity index (χ4n) is 2.81. The summed E-state index contributed by atoms with van der Waals surface area (Å²) in [5, 5.41) is 3.98. The minimum atomic E-state index is -2.92. The van der Waals surface area contributed by atoms with E-state index in [0.29, 0.717) is 17.2 Å². The second-order valence-electron chi connectivity index (χ2n) is 5.05. The molecule has 2 unspecified atom stereocenters. The third kappa shape index (κ3) is 3.27. The van der Waals surface area contributed by atoms with Gasteiger partial charge in [-0.1, -0.05) is 24.6 Å². The van der Waals surface area contributed by atoms with E-state index >= 15 is 0 Å². The van der Waals surface area contributed by atoms with E-state index in [0.717, 1.165) is 12.1 Å². The molecule has 1 aliphatic rings. The van der Waals surface area contributed by atoms with E-state index in [9.17, 15) is 8.42 Å². The van der Waals surface area contributed by atoms with E-state index in [1.165, 1.54) is 0 Å². The highest BCUT2D eigenvalue weighted by Gasteiger charge is 2.36. The van der Waals surface area contributed by atoms with Crippen LogP contribution in [0.2, 0.25) is 5.02 Å². The van der Waals surface area contributed by atoms with Crippen molar-refractivity contribution in [3.8, 4) is 5.75 Å². The van der Waals surface area contributed by atoms with Crippen LogP contribution in [0.5, 0.6) is 5.75 Å². The van der Waals surface area contributed by atoms with Crippen molar-refractivity contribution in [3.63, 3.8) is 0 Å². The molecular weight excluding hydrogens is 298 g/mol. The minimum absolute atomic E-state index is 0.0359. The second kappa shape index (κ2) is 6.33. The zero-order valence-corrected chi connectivity index (χ0v) is 13.3. The first kappa shape index (κ1) is 15.6. The largest absolute Gasteiger partial charge is 0.496 e. The van der Waals surface area contributed by atoms with Crippen molar-refractivity contribution in [2.45, 2.75) is 19.4 Å². The fourth-order valence-corrected chi connectivity index (χ4v) is 4.93. The molecular formula is C14H20ClNO3S. The van der Waals surface area contributed by atoms with E-state index in [-0.39, 0.29) is 23.5 Å². The Bertz CT molecular complexity index is 574. The lowest BCUT2D eigenvalue weighted by Gasteiger charge is -2.26. The zero-order chi connectivity index (χ0) is 14.8. The molecule has 4 nitrogen and oxygen atoms in total. The van der Waals surface area contributed by atoms with Crippen LogP contribution in [-0.4, -0.2) is 33.6 Å². The topological polar surface area (TPSA) is 55.4 Å². The first-order chi connectivity index (χ1) is 9.48. The molecule has 1 saturated heterocycles. The van der Waals surface area contributed by atoms with Crippen molar-refractivity contribution >= 4 is 21.4 Å². The van der Waals surface area contributed by atoms with Crippen LogP contribution in [0.25, 0.3) is 0 Å². The van der Waals surface area contributed by atoms with Gasteiger partial charge in [-0.15, -0.1) is 0 Å². The van der Waals surface area contributed by atoms with Crippen LogP contribution in [-0.2, 0) is 9.84 Å². The van der Waals surface area contributed by atoms with E-state index in [4.69, 9.17) is 16.3 Å². The van der Waals surface area contributed by atoms with Gasteiger partial charge in [-0.05, 0) is 31.0 Å². The molecule has 0 bridgehead atoms. The summed E-state index contributed by atoms with van der Waals surface area (Å²) in [6.07, 6.45) is 0.661. The summed E-state index contributed by atoms with van der Waals surface area (Å²) in [6.45, 7) is 2.75. The van der Waals surface area contributed by atoms with Gasteiger partial charge in [-0.2, -0.15) is 0 Å². The predicted octanol–water partition coefficient (Wildman–Crippen LogP) is 2.43. The quantitative estimate of drug-likeness (QED) is 0.906. The lowest BCUT2D eigenvalue weighted by atomic mass is 9.91. The Morgan fingerprint density at radius 1 is 1.50 bits per heavy atom. The summed E-state index contributed by atoms with van der Waals surface area (Å²) in [5.41, 5.74) is 0.862. The van der Waals surface area contributed by atoms with Crippen LogP contribution in [0.3, 0.4) is 0 Å². The summed E-state index contributed by atoms with van der Waals surface area (Å²) < 4.78 is 28.8. The maximum atomic E-state index is 11.7. The van der Waals surface area contributed by atoms with Gasteiger partial charge in [0.05, 0.1) is 18.6 Å². The number of methoxy groups -OCH3 is 1. The second-order valence-corrected chi connectivity index (χ2v) is 7.69. The standard InChI is InChI=1S/C14H20ClNO3S/c1-3-16-14(10-7-8-20(17,18)9-10)13-11(15)5-4-6-12(13)19-2/h4-6,10,14,16H,3,7-9H2,1-2H3. The highest BCUT2D eigenvalue weighted by molar-refractivity contribution is 7.91. The van der Waals surface area contributed by atoms with Crippen LogP contribution < -0.4 is 10.1 Å². The van der Waals surface area contributed by atoms with Gasteiger partial charge in [-0.25, -0.2) is 8.42 Å². The SMILES string of the molecule is CCNC(c1c(Cl)cccc1OC)C1CCS(=O)(=O)C1. The molecule has 1 aliphatic heterocycles. The molecule has 1 heterocycles. The van der Waals surface area contributed by atoms with Gasteiger partial charge in [0, 0.05) is 16.6 Å². The molecule has 0 radical (unpaired) electrons. The summed E-state index contributed by atoms with van der Waals surface area (Å²) >= 11 is 6.32. The van der Waals surface area contributed by atoms with Crippen LogP contribution in [0.15, 0.2) is 18.2 Å². The summed E-state index contributed by atoms with van der Waals surface area (Å²) in [7, 11) is -1.32. The Balaban J connectivity index is 2.39. The lowest BCUT2D eigenvalue weighted by Crippen LogP contribution is -2.29. The maximum Gasteiger partial charge on any atom is 0.150 e. The van der Waals surface area contributed by atoms with E-state index in [1.54, 1.807) is 7.11 Å². The van der Waals surface area contributed by atoms with E-state index in [1.807, 2.05) is 25.1 Å². The molecule has 2 atom stereocenters. The number of nitrogens with one attached hydrogen (secondary N) is 1. The fraction of sp³-hybridized carbons (Fsp3) is 0.571. The molecule has 6 heteroatoms. The van der Waals surface area contributed by atoms with Crippen LogP contribution >= 0.6 is 11.6 Å². The first-order valence-corrected chi connectivity index (χ1v) is 8.94. The molecule has 0 spiro atoms. The predicted molar refractivity (Wildman–Crippen MR) is 81.2 cm³/mol. The van der Waals surface area contributed by atoms with Crippen molar-refractivity contribution in [3.05, 3.63) is 28.8 Å². The summed E-state index contributed by atoms with van der Waals surface area (Å²) in [5.74, 6) is 1.20. The van der Waals surface area contributed by atoms with Crippen LogP contribution in [0.4, 0.5) is 0 Å².